The minimum Gasteiger partial charge on any atom is -0.476 e. The van der Waals surface area contributed by atoms with Gasteiger partial charge in [0.15, 0.2) is 12.3 Å². The lowest BCUT2D eigenvalue weighted by Gasteiger charge is -2.24. The van der Waals surface area contributed by atoms with Gasteiger partial charge < -0.3 is 25.5 Å². The van der Waals surface area contributed by atoms with E-state index in [1.165, 1.54) is 22.9 Å². The van der Waals surface area contributed by atoms with Gasteiger partial charge in [-0.3, -0.25) is 19.1 Å². The molecule has 0 aliphatic heterocycles. The summed E-state index contributed by atoms with van der Waals surface area (Å²) in [4.78, 5) is 55.7. The molecular weight excluding hydrogens is 444 g/mol. The van der Waals surface area contributed by atoms with Crippen LogP contribution in [0.1, 0.15) is 25.3 Å². The molecule has 0 unspecified atom stereocenters. The number of carbonyl (C=O) groups is 1. The van der Waals surface area contributed by atoms with Crippen LogP contribution in [0.25, 0.3) is 0 Å². The van der Waals surface area contributed by atoms with E-state index in [2.05, 4.69) is 9.97 Å². The summed E-state index contributed by atoms with van der Waals surface area (Å²) in [6.45, 7) is 1.52. The number of carbonyl (C=O) groups excluding carboxylic acids is 1. The third-order valence-electron chi connectivity index (χ3n) is 4.98. The summed E-state index contributed by atoms with van der Waals surface area (Å²) in [7, 11) is 0. The summed E-state index contributed by atoms with van der Waals surface area (Å²) in [5, 5.41) is 11.1. The van der Waals surface area contributed by atoms with E-state index in [1.54, 1.807) is 24.3 Å². The number of aromatic amines is 1. The van der Waals surface area contributed by atoms with Gasteiger partial charge in [0.05, 0.1) is 6.54 Å². The number of hydrogen-bond donors (Lipinski definition) is 2. The summed E-state index contributed by atoms with van der Waals surface area (Å²) in [6, 6.07) is 11.8. The summed E-state index contributed by atoms with van der Waals surface area (Å²) in [6.07, 6.45) is 2.48. The van der Waals surface area contributed by atoms with Crippen LogP contribution in [-0.4, -0.2) is 38.5 Å². The normalized spacial score (nSPS) is 10.6. The molecule has 12 heteroatoms. The van der Waals surface area contributed by atoms with Crippen LogP contribution in [0.4, 0.5) is 17.3 Å². The van der Waals surface area contributed by atoms with Crippen molar-refractivity contribution in [1.29, 1.82) is 0 Å². The molecule has 2 heterocycles. The first kappa shape index (κ1) is 24.2. The van der Waals surface area contributed by atoms with E-state index >= 15 is 0 Å². The van der Waals surface area contributed by atoms with Crippen molar-refractivity contribution in [3.05, 3.63) is 85.2 Å². The molecule has 1 amide bonds. The molecule has 34 heavy (non-hydrogen) atoms. The number of anilines is 2. The number of nitrogens with one attached hydrogen (secondary N) is 1. The van der Waals surface area contributed by atoms with E-state index in [0.29, 0.717) is 12.8 Å². The van der Waals surface area contributed by atoms with E-state index < -0.39 is 34.5 Å². The zero-order valence-corrected chi connectivity index (χ0v) is 18.5. The average Bonchev–Trinajstić information content (AvgIpc) is 2.83. The van der Waals surface area contributed by atoms with Gasteiger partial charge in [-0.1, -0.05) is 43.7 Å². The number of benzene rings is 1. The van der Waals surface area contributed by atoms with Gasteiger partial charge in [-0.25, -0.2) is 4.79 Å². The highest BCUT2D eigenvalue weighted by Crippen LogP contribution is 2.24. The number of unbranched alkanes of at least 4 members (excludes halogenated alkanes) is 1. The quantitative estimate of drug-likeness (QED) is 0.335. The van der Waals surface area contributed by atoms with E-state index in [4.69, 9.17) is 10.5 Å². The number of H-pyrrole nitrogens is 1. The van der Waals surface area contributed by atoms with E-state index in [1.807, 2.05) is 13.0 Å². The summed E-state index contributed by atoms with van der Waals surface area (Å²) in [5.41, 5.74) is 5.29. The molecule has 0 atom stereocenters. The zero-order valence-electron chi connectivity index (χ0n) is 18.5. The number of nitro groups is 1. The summed E-state index contributed by atoms with van der Waals surface area (Å²) >= 11 is 0. The maximum absolute atomic E-state index is 13.1. The van der Waals surface area contributed by atoms with Crippen molar-refractivity contribution in [3.63, 3.8) is 0 Å². The fourth-order valence-corrected chi connectivity index (χ4v) is 3.29. The number of ether oxygens (including phenoxy) is 1. The second kappa shape index (κ2) is 10.9. The average molecular weight is 468 g/mol. The van der Waals surface area contributed by atoms with Gasteiger partial charge in [-0.05, 0) is 34.0 Å². The van der Waals surface area contributed by atoms with Crippen LogP contribution in [0.5, 0.6) is 5.75 Å². The van der Waals surface area contributed by atoms with Crippen LogP contribution in [0, 0.1) is 10.1 Å². The predicted octanol–water partition coefficient (Wildman–Crippen LogP) is 1.68. The first-order valence-corrected chi connectivity index (χ1v) is 10.5. The molecular formula is C22H24N6O6. The second-order valence-corrected chi connectivity index (χ2v) is 7.33. The molecule has 0 aliphatic carbocycles. The molecule has 3 rings (SSSR count). The highest BCUT2D eigenvalue weighted by molar-refractivity contribution is 5.96. The summed E-state index contributed by atoms with van der Waals surface area (Å²) < 4.78 is 6.53. The molecule has 0 saturated heterocycles. The van der Waals surface area contributed by atoms with Crippen LogP contribution in [0.2, 0.25) is 0 Å². The Morgan fingerprint density at radius 2 is 1.97 bits per heavy atom. The molecule has 1 aromatic carbocycles. The van der Waals surface area contributed by atoms with Gasteiger partial charge in [0.2, 0.25) is 5.75 Å². The lowest BCUT2D eigenvalue weighted by Crippen LogP contribution is -2.43. The van der Waals surface area contributed by atoms with Crippen LogP contribution in [0.3, 0.4) is 0 Å². The van der Waals surface area contributed by atoms with Crippen molar-refractivity contribution < 1.29 is 14.5 Å². The molecule has 3 aromatic rings. The van der Waals surface area contributed by atoms with Crippen LogP contribution < -0.4 is 26.6 Å². The van der Waals surface area contributed by atoms with E-state index in [0.717, 1.165) is 10.5 Å². The van der Waals surface area contributed by atoms with Crippen molar-refractivity contribution in [2.45, 2.75) is 26.3 Å². The van der Waals surface area contributed by atoms with Crippen LogP contribution in [0.15, 0.2) is 58.3 Å². The monoisotopic (exact) mass is 468 g/mol. The number of nitrogen functional groups attached to an aromatic ring is 1. The minimum absolute atomic E-state index is 0.0868. The molecule has 12 nitrogen and oxygen atoms in total. The van der Waals surface area contributed by atoms with Crippen molar-refractivity contribution in [3.8, 4) is 5.75 Å². The Balaban J connectivity index is 1.95. The lowest BCUT2D eigenvalue weighted by molar-refractivity contribution is -0.390. The van der Waals surface area contributed by atoms with Crippen molar-refractivity contribution >= 4 is 23.2 Å². The van der Waals surface area contributed by atoms with Gasteiger partial charge in [0.25, 0.3) is 11.5 Å². The Labute approximate surface area is 193 Å². The van der Waals surface area contributed by atoms with Gasteiger partial charge in [-0.2, -0.15) is 0 Å². The fraction of sp³-hybridized carbons (Fsp3) is 0.273. The maximum atomic E-state index is 13.1. The molecule has 178 valence electrons. The Hall–Kier alpha value is -4.48. The third-order valence-corrected chi connectivity index (χ3v) is 4.98. The van der Waals surface area contributed by atoms with Crippen molar-refractivity contribution in [2.75, 3.05) is 23.8 Å². The largest absolute Gasteiger partial charge is 0.476 e. The molecule has 0 radical (unpaired) electrons. The molecule has 0 spiro atoms. The molecule has 0 bridgehead atoms. The smallest absolute Gasteiger partial charge is 0.406 e. The minimum atomic E-state index is -0.816. The number of nitrogens with zero attached hydrogens (tertiary/aromatic N) is 4. The molecule has 3 N–H and O–H groups in total. The SMILES string of the molecule is CCCCN(C(=O)COc1cccnc1[N+](=O)[O-])c1c(N)n(Cc2ccccc2)c(=O)[nH]c1=O. The number of pyridine rings is 1. The Morgan fingerprint density at radius 3 is 2.65 bits per heavy atom. The van der Waals surface area contributed by atoms with E-state index in [9.17, 15) is 24.5 Å². The molecule has 2 aromatic heterocycles. The fourth-order valence-electron chi connectivity index (χ4n) is 3.29. The Kier molecular flexibility index (Phi) is 7.75. The number of rotatable bonds is 10. The van der Waals surface area contributed by atoms with Gasteiger partial charge >= 0.3 is 11.5 Å². The van der Waals surface area contributed by atoms with Gasteiger partial charge in [0, 0.05) is 6.54 Å². The second-order valence-electron chi connectivity index (χ2n) is 7.33. The Bertz CT molecular complexity index is 1290. The number of hydrogen-bond acceptors (Lipinski definition) is 8. The number of amides is 1. The highest BCUT2D eigenvalue weighted by atomic mass is 16.6. The third kappa shape index (κ3) is 5.46. The van der Waals surface area contributed by atoms with Crippen LogP contribution in [-0.2, 0) is 11.3 Å². The highest BCUT2D eigenvalue weighted by Gasteiger charge is 2.25. The maximum Gasteiger partial charge on any atom is 0.406 e. The van der Waals surface area contributed by atoms with E-state index in [-0.39, 0.29) is 30.3 Å². The van der Waals surface area contributed by atoms with Gasteiger partial charge in [-0.15, -0.1) is 0 Å². The topological polar surface area (TPSA) is 166 Å². The zero-order chi connectivity index (χ0) is 24.7. The predicted molar refractivity (Wildman–Crippen MR) is 125 cm³/mol. The van der Waals surface area contributed by atoms with Gasteiger partial charge in [0.1, 0.15) is 12.0 Å². The molecule has 0 aliphatic rings. The molecule has 0 fully saturated rings. The number of nitrogens with two attached hydrogens (primary N) is 1. The standard InChI is InChI=1S/C22H24N6O6/c1-2-3-12-26(17(29)14-34-16-10-7-11-24-20(16)28(32)33)18-19(23)27(22(31)25-21(18)30)13-15-8-5-4-6-9-15/h4-11H,2-3,12-14,23H2,1H3,(H,25,30,31). The van der Waals surface area contributed by atoms with Crippen molar-refractivity contribution in [1.82, 2.24) is 14.5 Å². The molecule has 0 saturated carbocycles. The number of aromatic nitrogens is 3. The Morgan fingerprint density at radius 1 is 1.24 bits per heavy atom. The van der Waals surface area contributed by atoms with Crippen molar-refractivity contribution in [2.24, 2.45) is 0 Å². The first-order chi connectivity index (χ1) is 16.3. The lowest BCUT2D eigenvalue weighted by atomic mass is 10.2. The van der Waals surface area contributed by atoms with Crippen LogP contribution >= 0.6 is 0 Å². The summed E-state index contributed by atoms with van der Waals surface area (Å²) in [5.74, 6) is -1.56. The first-order valence-electron chi connectivity index (χ1n) is 10.5.